The van der Waals surface area contributed by atoms with Gasteiger partial charge >= 0.3 is 0 Å². The molecule has 7 heteroatoms. The van der Waals surface area contributed by atoms with Gasteiger partial charge in [-0.2, -0.15) is 0 Å². The Morgan fingerprint density at radius 3 is 2.57 bits per heavy atom. The average Bonchev–Trinajstić information content (AvgIpc) is 3.23. The van der Waals surface area contributed by atoms with Gasteiger partial charge in [-0.1, -0.05) is 19.1 Å². The van der Waals surface area contributed by atoms with E-state index < -0.39 is 0 Å². The smallest absolute Gasteiger partial charge is 0.146 e. The minimum absolute atomic E-state index is 0.765. The van der Waals surface area contributed by atoms with Crippen LogP contribution in [0.4, 0.5) is 11.5 Å². The summed E-state index contributed by atoms with van der Waals surface area (Å²) in [7, 11) is 0. The quantitative estimate of drug-likeness (QED) is 0.532. The van der Waals surface area contributed by atoms with E-state index in [4.69, 9.17) is 14.7 Å². The first-order chi connectivity index (χ1) is 17.1. The number of thiophene rings is 1. The van der Waals surface area contributed by atoms with E-state index in [1.165, 1.54) is 51.3 Å². The van der Waals surface area contributed by atoms with E-state index in [2.05, 4.69) is 53.7 Å². The number of aryl methyl sites for hydroxylation is 2. The van der Waals surface area contributed by atoms with Crippen LogP contribution in [0.15, 0.2) is 18.2 Å². The van der Waals surface area contributed by atoms with Crippen LogP contribution in [0.2, 0.25) is 0 Å². The average molecular weight is 492 g/mol. The van der Waals surface area contributed by atoms with Crippen molar-refractivity contribution in [2.24, 2.45) is 5.92 Å². The van der Waals surface area contributed by atoms with Gasteiger partial charge in [0.25, 0.3) is 0 Å². The van der Waals surface area contributed by atoms with Gasteiger partial charge in [-0.05, 0) is 61.8 Å². The molecule has 2 aromatic heterocycles. The van der Waals surface area contributed by atoms with E-state index in [9.17, 15) is 0 Å². The zero-order valence-corrected chi connectivity index (χ0v) is 22.2. The molecule has 0 unspecified atom stereocenters. The fourth-order valence-electron chi connectivity index (χ4n) is 5.86. The summed E-state index contributed by atoms with van der Waals surface area (Å²) in [5, 5.41) is 1.35. The van der Waals surface area contributed by atoms with Crippen molar-refractivity contribution in [3.8, 4) is 0 Å². The van der Waals surface area contributed by atoms with E-state index in [0.29, 0.717) is 0 Å². The molecule has 6 nitrogen and oxygen atoms in total. The van der Waals surface area contributed by atoms with Gasteiger partial charge in [0.15, 0.2) is 0 Å². The number of hydrogen-bond acceptors (Lipinski definition) is 7. The number of aromatic nitrogens is 2. The Morgan fingerprint density at radius 2 is 1.77 bits per heavy atom. The van der Waals surface area contributed by atoms with Crippen molar-refractivity contribution in [2.75, 3.05) is 62.3 Å². The highest BCUT2D eigenvalue weighted by atomic mass is 32.1. The maximum Gasteiger partial charge on any atom is 0.146 e. The summed E-state index contributed by atoms with van der Waals surface area (Å²) in [5.41, 5.74) is 5.69. The van der Waals surface area contributed by atoms with E-state index in [1.54, 1.807) is 4.88 Å². The number of ether oxygens (including phenoxy) is 1. The zero-order valence-electron chi connectivity index (χ0n) is 21.3. The lowest BCUT2D eigenvalue weighted by Crippen LogP contribution is -2.47. The molecular formula is C28H37N5OS. The molecule has 0 N–H and O–H groups in total. The summed E-state index contributed by atoms with van der Waals surface area (Å²) in [4.78, 5) is 20.7. The fraction of sp³-hybridized carbons (Fsp3) is 0.571. The lowest BCUT2D eigenvalue weighted by atomic mass is 9.89. The summed E-state index contributed by atoms with van der Waals surface area (Å²) in [6.45, 7) is 15.2. The van der Waals surface area contributed by atoms with Crippen LogP contribution < -0.4 is 9.80 Å². The number of anilines is 2. The maximum absolute atomic E-state index is 5.56. The molecule has 0 saturated carbocycles. The molecule has 6 rings (SSSR count). The number of fused-ring (bicyclic) bond motifs is 3. The highest BCUT2D eigenvalue weighted by Crippen LogP contribution is 2.41. The van der Waals surface area contributed by atoms with Gasteiger partial charge in [-0.25, -0.2) is 9.97 Å². The van der Waals surface area contributed by atoms with Crippen molar-refractivity contribution in [1.29, 1.82) is 0 Å². The van der Waals surface area contributed by atoms with E-state index in [0.717, 1.165) is 77.2 Å². The first kappa shape index (κ1) is 23.2. The molecule has 0 bridgehead atoms. The van der Waals surface area contributed by atoms with Crippen LogP contribution in [0.25, 0.3) is 10.2 Å². The summed E-state index contributed by atoms with van der Waals surface area (Å²) < 4.78 is 5.56. The minimum Gasteiger partial charge on any atom is -0.379 e. The Hall–Kier alpha value is -2.22. The third-order valence-electron chi connectivity index (χ3n) is 8.15. The van der Waals surface area contributed by atoms with Crippen molar-refractivity contribution in [2.45, 2.75) is 46.6 Å². The minimum atomic E-state index is 0.765. The summed E-state index contributed by atoms with van der Waals surface area (Å²) in [6.07, 6.45) is 3.63. The Morgan fingerprint density at radius 1 is 1.00 bits per heavy atom. The molecule has 2 fully saturated rings. The third kappa shape index (κ3) is 4.54. The number of rotatable bonds is 4. The first-order valence-electron chi connectivity index (χ1n) is 13.2. The van der Waals surface area contributed by atoms with E-state index in [-0.39, 0.29) is 0 Å². The zero-order chi connectivity index (χ0) is 23.9. The number of benzene rings is 1. The second kappa shape index (κ2) is 9.68. The SMILES string of the molecule is Cc1cccc(N2CCN(c3nc(CN4CCOCC4)nc4sc5c(c34)CC[C@H](C)C5)CC2)c1C. The monoisotopic (exact) mass is 491 g/mol. The first-order valence-corrected chi connectivity index (χ1v) is 14.1. The van der Waals surface area contributed by atoms with Crippen molar-refractivity contribution < 1.29 is 4.74 Å². The van der Waals surface area contributed by atoms with Crippen molar-refractivity contribution in [3.63, 3.8) is 0 Å². The molecule has 2 saturated heterocycles. The van der Waals surface area contributed by atoms with Crippen LogP contribution in [0.3, 0.4) is 0 Å². The molecule has 3 aromatic rings. The highest BCUT2D eigenvalue weighted by molar-refractivity contribution is 7.19. The lowest BCUT2D eigenvalue weighted by molar-refractivity contribution is 0.0331. The Labute approximate surface area is 212 Å². The number of piperazine rings is 1. The Balaban J connectivity index is 1.32. The van der Waals surface area contributed by atoms with Gasteiger partial charge < -0.3 is 14.5 Å². The van der Waals surface area contributed by atoms with Crippen molar-refractivity contribution in [1.82, 2.24) is 14.9 Å². The van der Waals surface area contributed by atoms with Gasteiger partial charge in [-0.3, -0.25) is 4.90 Å². The molecule has 2 aliphatic heterocycles. The van der Waals surface area contributed by atoms with E-state index in [1.807, 2.05) is 11.3 Å². The molecule has 4 heterocycles. The predicted octanol–water partition coefficient (Wildman–Crippen LogP) is 4.59. The molecule has 0 amide bonds. The second-order valence-corrected chi connectivity index (χ2v) is 11.7. The van der Waals surface area contributed by atoms with Crippen LogP contribution in [-0.2, 0) is 24.1 Å². The molecule has 0 spiro atoms. The van der Waals surface area contributed by atoms with E-state index >= 15 is 0 Å². The van der Waals surface area contributed by atoms with Crippen LogP contribution in [0, 0.1) is 19.8 Å². The fourth-order valence-corrected chi connectivity index (χ4v) is 7.26. The third-order valence-corrected chi connectivity index (χ3v) is 9.30. The molecular weight excluding hydrogens is 454 g/mol. The molecule has 35 heavy (non-hydrogen) atoms. The van der Waals surface area contributed by atoms with Crippen molar-refractivity contribution in [3.05, 3.63) is 45.6 Å². The summed E-state index contributed by atoms with van der Waals surface area (Å²) >= 11 is 1.93. The van der Waals surface area contributed by atoms with Gasteiger partial charge in [0.05, 0.1) is 25.1 Å². The second-order valence-electron chi connectivity index (χ2n) is 10.6. The summed E-state index contributed by atoms with van der Waals surface area (Å²) in [6, 6.07) is 6.68. The predicted molar refractivity (Wildman–Crippen MR) is 145 cm³/mol. The largest absolute Gasteiger partial charge is 0.379 e. The van der Waals surface area contributed by atoms with Crippen LogP contribution in [0.1, 0.15) is 40.7 Å². The standard InChI is InChI=1S/C28H37N5OS/c1-19-7-8-22-24(17-19)35-28-26(22)27(29-25(30-28)18-31-13-15-34-16-14-31)33-11-9-32(10-12-33)23-6-4-5-20(2)21(23)3/h4-6,19H,7-18H2,1-3H3/t19-/m0/s1. The van der Waals surface area contributed by atoms with Gasteiger partial charge in [-0.15, -0.1) is 11.3 Å². The molecule has 1 aromatic carbocycles. The van der Waals surface area contributed by atoms with Crippen LogP contribution in [-0.4, -0.2) is 67.4 Å². The Kier molecular flexibility index (Phi) is 6.41. The lowest BCUT2D eigenvalue weighted by Gasteiger charge is -2.38. The topological polar surface area (TPSA) is 44.7 Å². The number of nitrogens with zero attached hydrogens (tertiary/aromatic N) is 5. The highest BCUT2D eigenvalue weighted by Gasteiger charge is 2.28. The molecule has 186 valence electrons. The summed E-state index contributed by atoms with van der Waals surface area (Å²) in [5.74, 6) is 2.92. The van der Waals surface area contributed by atoms with Gasteiger partial charge in [0, 0.05) is 49.8 Å². The normalized spacial score (nSPS) is 21.5. The molecule has 1 aliphatic carbocycles. The molecule has 1 atom stereocenters. The van der Waals surface area contributed by atoms with Crippen molar-refractivity contribution >= 4 is 33.1 Å². The van der Waals surface area contributed by atoms with Crippen LogP contribution in [0.5, 0.6) is 0 Å². The van der Waals surface area contributed by atoms with Crippen LogP contribution >= 0.6 is 11.3 Å². The molecule has 0 radical (unpaired) electrons. The number of hydrogen-bond donors (Lipinski definition) is 0. The Bertz CT molecular complexity index is 1210. The van der Waals surface area contributed by atoms with Gasteiger partial charge in [0.1, 0.15) is 16.5 Å². The molecule has 3 aliphatic rings. The maximum atomic E-state index is 5.56. The van der Waals surface area contributed by atoms with Gasteiger partial charge in [0.2, 0.25) is 0 Å². The number of morpholine rings is 1.